The molecular weight excluding hydrogens is 391 g/mol. The van der Waals surface area contributed by atoms with Gasteiger partial charge in [-0.1, -0.05) is 18.2 Å². The zero-order valence-corrected chi connectivity index (χ0v) is 17.1. The molecule has 0 aromatic heterocycles. The number of benzene rings is 1. The van der Waals surface area contributed by atoms with Crippen LogP contribution in [0.3, 0.4) is 0 Å². The Hall–Kier alpha value is -1.77. The van der Waals surface area contributed by atoms with Crippen molar-refractivity contribution in [2.24, 2.45) is 4.99 Å². The highest BCUT2D eigenvalue weighted by Gasteiger charge is 2.46. The van der Waals surface area contributed by atoms with Crippen LogP contribution in [0.2, 0.25) is 0 Å². The van der Waals surface area contributed by atoms with Crippen molar-refractivity contribution in [3.63, 3.8) is 0 Å². The smallest absolute Gasteiger partial charge is 0.355 e. The van der Waals surface area contributed by atoms with E-state index in [4.69, 9.17) is 0 Å². The lowest BCUT2D eigenvalue weighted by atomic mass is 9.94. The van der Waals surface area contributed by atoms with Crippen molar-refractivity contribution in [3.05, 3.63) is 35.4 Å². The van der Waals surface area contributed by atoms with Crippen molar-refractivity contribution in [3.8, 4) is 0 Å². The highest BCUT2D eigenvalue weighted by Crippen LogP contribution is 2.48. The van der Waals surface area contributed by atoms with E-state index in [0.29, 0.717) is 31.2 Å². The van der Waals surface area contributed by atoms with E-state index >= 15 is 0 Å². The third-order valence-corrected chi connectivity index (χ3v) is 8.33. The van der Waals surface area contributed by atoms with E-state index in [1.165, 1.54) is 12.1 Å². The third-order valence-electron chi connectivity index (χ3n) is 5.80. The molecular formula is C19H26F3N3O2S. The van der Waals surface area contributed by atoms with Crippen LogP contribution >= 0.6 is 0 Å². The van der Waals surface area contributed by atoms with Crippen LogP contribution < -0.4 is 5.32 Å². The number of halogens is 3. The first-order valence-electron chi connectivity index (χ1n) is 9.26. The van der Waals surface area contributed by atoms with Crippen molar-refractivity contribution in [2.75, 3.05) is 32.4 Å². The number of alkyl halides is 3. The summed E-state index contributed by atoms with van der Waals surface area (Å²) in [7, 11) is -1.53. The van der Waals surface area contributed by atoms with Crippen LogP contribution in [0.4, 0.5) is 13.2 Å². The topological polar surface area (TPSA) is 61.8 Å². The highest BCUT2D eigenvalue weighted by molar-refractivity contribution is 7.92. The van der Waals surface area contributed by atoms with Crippen molar-refractivity contribution < 1.29 is 21.6 Å². The van der Waals surface area contributed by atoms with Gasteiger partial charge in [0.05, 0.1) is 16.1 Å². The zero-order chi connectivity index (χ0) is 20.8. The molecule has 3 rings (SSSR count). The summed E-state index contributed by atoms with van der Waals surface area (Å²) < 4.78 is 62.6. The van der Waals surface area contributed by atoms with Gasteiger partial charge in [0.1, 0.15) is 0 Å². The van der Waals surface area contributed by atoms with Crippen LogP contribution in [0.5, 0.6) is 0 Å². The van der Waals surface area contributed by atoms with E-state index in [9.17, 15) is 21.6 Å². The third kappa shape index (κ3) is 3.99. The van der Waals surface area contributed by atoms with E-state index in [0.717, 1.165) is 18.9 Å². The quantitative estimate of drug-likeness (QED) is 0.607. The molecule has 1 aromatic carbocycles. The first-order valence-corrected chi connectivity index (χ1v) is 10.9. The molecule has 1 aromatic rings. The van der Waals surface area contributed by atoms with Gasteiger partial charge in [-0.05, 0) is 38.3 Å². The molecule has 2 fully saturated rings. The predicted octanol–water partition coefficient (Wildman–Crippen LogP) is 2.82. The van der Waals surface area contributed by atoms with Crippen molar-refractivity contribution in [2.45, 2.75) is 43.0 Å². The fraction of sp³-hybridized carbons (Fsp3) is 0.632. The van der Waals surface area contributed by atoms with Gasteiger partial charge >= 0.3 is 6.18 Å². The average molecular weight is 417 g/mol. The Kier molecular flexibility index (Phi) is 5.19. The van der Waals surface area contributed by atoms with Crippen molar-refractivity contribution in [1.82, 2.24) is 10.2 Å². The number of nitrogens with zero attached hydrogens (tertiary/aromatic N) is 2. The molecule has 156 valence electrons. The zero-order valence-electron chi connectivity index (χ0n) is 16.3. The number of rotatable bonds is 3. The molecule has 0 amide bonds. The molecule has 0 bridgehead atoms. The lowest BCUT2D eigenvalue weighted by Gasteiger charge is -2.39. The molecule has 5 nitrogen and oxygen atoms in total. The second-order valence-electron chi connectivity index (χ2n) is 8.26. The van der Waals surface area contributed by atoms with E-state index < -0.39 is 26.3 Å². The summed E-state index contributed by atoms with van der Waals surface area (Å²) in [5.41, 5.74) is -0.301. The van der Waals surface area contributed by atoms with Crippen LogP contribution in [0.25, 0.3) is 0 Å². The largest absolute Gasteiger partial charge is 0.416 e. The van der Waals surface area contributed by atoms with E-state index in [2.05, 4.69) is 10.3 Å². The monoisotopic (exact) mass is 417 g/mol. The van der Waals surface area contributed by atoms with Crippen LogP contribution in [0.1, 0.15) is 37.8 Å². The SMILES string of the molecule is CN=C(NCC1(c2cccc(C(F)(F)F)c2)CC1)N1CCS(=O)(=O)C(C)(C)C1. The molecule has 1 heterocycles. The Morgan fingerprint density at radius 3 is 2.50 bits per heavy atom. The van der Waals surface area contributed by atoms with Gasteiger partial charge in [0, 0.05) is 32.1 Å². The van der Waals surface area contributed by atoms with E-state index in [1.54, 1.807) is 27.0 Å². The maximum Gasteiger partial charge on any atom is 0.416 e. The summed E-state index contributed by atoms with van der Waals surface area (Å²) in [5.74, 6) is 0.639. The van der Waals surface area contributed by atoms with Gasteiger partial charge in [0.2, 0.25) is 0 Å². The molecule has 1 aliphatic heterocycles. The molecule has 0 atom stereocenters. The minimum absolute atomic E-state index is 0.0550. The van der Waals surface area contributed by atoms with Gasteiger partial charge in [-0.25, -0.2) is 8.42 Å². The van der Waals surface area contributed by atoms with Crippen molar-refractivity contribution >= 4 is 15.8 Å². The Morgan fingerprint density at radius 1 is 1.29 bits per heavy atom. The van der Waals surface area contributed by atoms with Gasteiger partial charge in [-0.2, -0.15) is 13.2 Å². The highest BCUT2D eigenvalue weighted by atomic mass is 32.2. The van der Waals surface area contributed by atoms with Gasteiger partial charge in [0.25, 0.3) is 0 Å². The van der Waals surface area contributed by atoms with Crippen LogP contribution in [-0.2, 0) is 21.4 Å². The molecule has 1 aliphatic carbocycles. The fourth-order valence-corrected chi connectivity index (χ4v) is 5.01. The number of aliphatic imine (C=N–C) groups is 1. The lowest BCUT2D eigenvalue weighted by Crippen LogP contribution is -2.57. The minimum atomic E-state index is -4.36. The summed E-state index contributed by atoms with van der Waals surface area (Å²) in [5, 5.41) is 3.26. The van der Waals surface area contributed by atoms with Crippen LogP contribution in [0.15, 0.2) is 29.3 Å². The van der Waals surface area contributed by atoms with Gasteiger partial charge in [0.15, 0.2) is 15.8 Å². The van der Waals surface area contributed by atoms with E-state index in [1.807, 2.05) is 4.90 Å². The molecule has 1 saturated heterocycles. The maximum atomic E-state index is 13.0. The summed E-state index contributed by atoms with van der Waals surface area (Å²) in [6, 6.07) is 5.50. The second kappa shape index (κ2) is 6.93. The summed E-state index contributed by atoms with van der Waals surface area (Å²) >= 11 is 0. The summed E-state index contributed by atoms with van der Waals surface area (Å²) in [6.45, 7) is 4.54. The normalized spacial score (nSPS) is 23.4. The fourth-order valence-electron chi connectivity index (χ4n) is 3.65. The average Bonchev–Trinajstić information content (AvgIpc) is 3.39. The number of nitrogens with one attached hydrogen (secondary N) is 1. The molecule has 2 aliphatic rings. The standard InChI is InChI=1S/C19H26F3N3O2S/c1-17(2)13-25(9-10-28(17,26)27)16(23-3)24-12-18(7-8-18)14-5-4-6-15(11-14)19(20,21)22/h4-6,11H,7-10,12-13H2,1-3H3,(H,23,24). The molecule has 28 heavy (non-hydrogen) atoms. The maximum absolute atomic E-state index is 13.0. The first kappa shape index (κ1) is 21.0. The van der Waals surface area contributed by atoms with Crippen molar-refractivity contribution in [1.29, 1.82) is 0 Å². The van der Waals surface area contributed by atoms with E-state index in [-0.39, 0.29) is 11.2 Å². The Morgan fingerprint density at radius 2 is 1.96 bits per heavy atom. The molecule has 9 heteroatoms. The Bertz CT molecular complexity index is 875. The number of hydrogen-bond donors (Lipinski definition) is 1. The van der Waals surface area contributed by atoms with Gasteiger partial charge < -0.3 is 10.2 Å². The molecule has 0 radical (unpaired) electrons. The Balaban J connectivity index is 1.71. The minimum Gasteiger partial charge on any atom is -0.355 e. The molecule has 0 unspecified atom stereocenters. The number of guanidine groups is 1. The van der Waals surface area contributed by atoms with Gasteiger partial charge in [-0.15, -0.1) is 0 Å². The first-order chi connectivity index (χ1) is 12.9. The van der Waals surface area contributed by atoms with Gasteiger partial charge in [-0.3, -0.25) is 4.99 Å². The molecule has 1 N–H and O–H groups in total. The predicted molar refractivity (Wildman–Crippen MR) is 103 cm³/mol. The summed E-state index contributed by atoms with van der Waals surface area (Å²) in [4.78, 5) is 6.17. The van der Waals surface area contributed by atoms with Crippen LogP contribution in [0, 0.1) is 0 Å². The number of sulfone groups is 1. The second-order valence-corrected chi connectivity index (χ2v) is 11.0. The van der Waals surface area contributed by atoms with Crippen LogP contribution in [-0.4, -0.2) is 56.5 Å². The molecule has 1 saturated carbocycles. The molecule has 0 spiro atoms. The Labute approximate surface area is 163 Å². The lowest BCUT2D eigenvalue weighted by molar-refractivity contribution is -0.137. The number of hydrogen-bond acceptors (Lipinski definition) is 3. The summed E-state index contributed by atoms with van der Waals surface area (Å²) in [6.07, 6.45) is -2.75.